The lowest BCUT2D eigenvalue weighted by molar-refractivity contribution is 0.338. The maximum absolute atomic E-state index is 6.27. The maximum atomic E-state index is 6.27. The van der Waals surface area contributed by atoms with Crippen molar-refractivity contribution in [1.82, 2.24) is 10.1 Å². The molecule has 3 rings (SSSR count). The Morgan fingerprint density at radius 3 is 2.74 bits per heavy atom. The first-order chi connectivity index (χ1) is 9.33. The molecule has 4 nitrogen and oxygen atoms in total. The van der Waals surface area contributed by atoms with Crippen LogP contribution in [0.3, 0.4) is 0 Å². The molecule has 1 aromatic heterocycles. The van der Waals surface area contributed by atoms with Gasteiger partial charge in [0.25, 0.3) is 0 Å². The molecule has 1 saturated carbocycles. The first-order valence-electron chi connectivity index (χ1n) is 7.52. The largest absolute Gasteiger partial charge is 0.339 e. The molecule has 0 radical (unpaired) electrons. The summed E-state index contributed by atoms with van der Waals surface area (Å²) in [5, 5.41) is 4.60. The molecule has 1 saturated heterocycles. The van der Waals surface area contributed by atoms with E-state index >= 15 is 0 Å². The van der Waals surface area contributed by atoms with Crippen molar-refractivity contribution in [1.29, 1.82) is 0 Å². The number of nitrogens with zero attached hydrogens (tertiary/aromatic N) is 2. The Morgan fingerprint density at radius 2 is 2.00 bits per heavy atom. The third-order valence-corrected chi connectivity index (χ3v) is 5.74. The quantitative estimate of drug-likeness (QED) is 0.918. The van der Waals surface area contributed by atoms with Crippen molar-refractivity contribution in [3.8, 4) is 0 Å². The Balaban J connectivity index is 1.57. The van der Waals surface area contributed by atoms with Gasteiger partial charge in [-0.3, -0.25) is 0 Å². The average molecular weight is 281 g/mol. The van der Waals surface area contributed by atoms with E-state index in [-0.39, 0.29) is 6.04 Å². The van der Waals surface area contributed by atoms with Crippen molar-refractivity contribution in [2.24, 2.45) is 11.7 Å². The second-order valence-electron chi connectivity index (χ2n) is 5.81. The van der Waals surface area contributed by atoms with E-state index in [1.807, 2.05) is 11.8 Å². The SMILES string of the molecule is NC(Cc1nc(C2CCCCS2)no1)C1CCCC1. The first kappa shape index (κ1) is 13.4. The van der Waals surface area contributed by atoms with E-state index in [0.717, 1.165) is 18.1 Å². The summed E-state index contributed by atoms with van der Waals surface area (Å²) in [5.41, 5.74) is 6.27. The molecule has 1 aliphatic carbocycles. The highest BCUT2D eigenvalue weighted by Crippen LogP contribution is 2.36. The molecule has 106 valence electrons. The van der Waals surface area contributed by atoms with Gasteiger partial charge in [0.2, 0.25) is 5.89 Å². The summed E-state index contributed by atoms with van der Waals surface area (Å²) in [6, 6.07) is 0.190. The minimum atomic E-state index is 0.190. The summed E-state index contributed by atoms with van der Waals surface area (Å²) >= 11 is 1.96. The molecule has 2 fully saturated rings. The van der Waals surface area contributed by atoms with Crippen molar-refractivity contribution in [2.45, 2.75) is 62.7 Å². The third-order valence-electron chi connectivity index (χ3n) is 4.37. The van der Waals surface area contributed by atoms with Gasteiger partial charge in [-0.25, -0.2) is 0 Å². The fourth-order valence-electron chi connectivity index (χ4n) is 3.18. The van der Waals surface area contributed by atoms with E-state index in [4.69, 9.17) is 10.3 Å². The van der Waals surface area contributed by atoms with Crippen LogP contribution in [0.25, 0.3) is 0 Å². The average Bonchev–Trinajstić information content (AvgIpc) is 3.11. The lowest BCUT2D eigenvalue weighted by Gasteiger charge is -2.17. The maximum Gasteiger partial charge on any atom is 0.228 e. The number of rotatable bonds is 4. The number of hydrogen-bond donors (Lipinski definition) is 1. The van der Waals surface area contributed by atoms with Crippen LogP contribution >= 0.6 is 11.8 Å². The summed E-state index contributed by atoms with van der Waals surface area (Å²) in [5.74, 6) is 3.49. The number of hydrogen-bond acceptors (Lipinski definition) is 5. The molecule has 2 N–H and O–H groups in total. The summed E-state index contributed by atoms with van der Waals surface area (Å²) in [4.78, 5) is 4.57. The second-order valence-corrected chi connectivity index (χ2v) is 7.12. The molecule has 0 aromatic carbocycles. The van der Waals surface area contributed by atoms with Gasteiger partial charge in [-0.1, -0.05) is 24.4 Å². The van der Waals surface area contributed by atoms with Crippen LogP contribution in [-0.4, -0.2) is 21.9 Å². The van der Waals surface area contributed by atoms with Crippen molar-refractivity contribution in [3.05, 3.63) is 11.7 Å². The highest BCUT2D eigenvalue weighted by atomic mass is 32.2. The van der Waals surface area contributed by atoms with Crippen LogP contribution in [0.15, 0.2) is 4.52 Å². The predicted octanol–water partition coefficient (Wildman–Crippen LogP) is 3.09. The minimum absolute atomic E-state index is 0.190. The zero-order chi connectivity index (χ0) is 13.1. The summed E-state index contributed by atoms with van der Waals surface area (Å²) in [6.45, 7) is 0. The van der Waals surface area contributed by atoms with Gasteiger partial charge in [-0.05, 0) is 37.4 Å². The molecule has 19 heavy (non-hydrogen) atoms. The Kier molecular flexibility index (Phi) is 4.43. The molecule has 2 aliphatic rings. The molecule has 0 amide bonds. The fourth-order valence-corrected chi connectivity index (χ4v) is 4.41. The first-order valence-corrected chi connectivity index (χ1v) is 8.57. The van der Waals surface area contributed by atoms with E-state index in [0.29, 0.717) is 11.2 Å². The summed E-state index contributed by atoms with van der Waals surface area (Å²) in [7, 11) is 0. The van der Waals surface area contributed by atoms with Gasteiger partial charge < -0.3 is 10.3 Å². The Labute approximate surface area is 118 Å². The van der Waals surface area contributed by atoms with Crippen LogP contribution in [0.2, 0.25) is 0 Å². The zero-order valence-electron chi connectivity index (χ0n) is 11.4. The van der Waals surface area contributed by atoms with E-state index in [2.05, 4.69) is 10.1 Å². The molecule has 0 bridgehead atoms. The summed E-state index contributed by atoms with van der Waals surface area (Å²) in [6.07, 6.45) is 9.70. The highest BCUT2D eigenvalue weighted by molar-refractivity contribution is 7.99. The van der Waals surface area contributed by atoms with Gasteiger partial charge in [0.05, 0.1) is 5.25 Å². The Bertz CT molecular complexity index is 397. The number of nitrogens with two attached hydrogens (primary N) is 1. The monoisotopic (exact) mass is 281 g/mol. The molecule has 5 heteroatoms. The minimum Gasteiger partial charge on any atom is -0.339 e. The third kappa shape index (κ3) is 3.31. The van der Waals surface area contributed by atoms with Gasteiger partial charge in [-0.2, -0.15) is 16.7 Å². The van der Waals surface area contributed by atoms with Crippen molar-refractivity contribution in [3.63, 3.8) is 0 Å². The van der Waals surface area contributed by atoms with Crippen LogP contribution < -0.4 is 5.73 Å². The standard InChI is InChI=1S/C14H23N3OS/c15-11(10-5-1-2-6-10)9-13-16-14(17-18-13)12-7-3-4-8-19-12/h10-12H,1-9,15H2. The van der Waals surface area contributed by atoms with E-state index in [9.17, 15) is 0 Å². The second kappa shape index (κ2) is 6.27. The van der Waals surface area contributed by atoms with Crippen LogP contribution in [0.4, 0.5) is 0 Å². The van der Waals surface area contributed by atoms with Crippen LogP contribution in [-0.2, 0) is 6.42 Å². The van der Waals surface area contributed by atoms with Crippen LogP contribution in [0, 0.1) is 5.92 Å². The fraction of sp³-hybridized carbons (Fsp3) is 0.857. The molecule has 2 unspecified atom stereocenters. The van der Waals surface area contributed by atoms with Gasteiger partial charge in [0.15, 0.2) is 5.82 Å². The lowest BCUT2D eigenvalue weighted by atomic mass is 9.96. The summed E-state index contributed by atoms with van der Waals surface area (Å²) < 4.78 is 5.39. The van der Waals surface area contributed by atoms with Crippen LogP contribution in [0.5, 0.6) is 0 Å². The van der Waals surface area contributed by atoms with Crippen molar-refractivity contribution >= 4 is 11.8 Å². The Hall–Kier alpha value is -0.550. The van der Waals surface area contributed by atoms with E-state index in [1.165, 1.54) is 50.7 Å². The van der Waals surface area contributed by atoms with Crippen LogP contribution in [0.1, 0.15) is 61.9 Å². The van der Waals surface area contributed by atoms with Gasteiger partial charge in [-0.15, -0.1) is 0 Å². The van der Waals surface area contributed by atoms with Gasteiger partial charge >= 0.3 is 0 Å². The smallest absolute Gasteiger partial charge is 0.228 e. The number of thioether (sulfide) groups is 1. The van der Waals surface area contributed by atoms with Crippen molar-refractivity contribution in [2.75, 3.05) is 5.75 Å². The van der Waals surface area contributed by atoms with Crippen molar-refractivity contribution < 1.29 is 4.52 Å². The Morgan fingerprint density at radius 1 is 1.21 bits per heavy atom. The lowest BCUT2D eigenvalue weighted by Crippen LogP contribution is -2.30. The number of aromatic nitrogens is 2. The molecular weight excluding hydrogens is 258 g/mol. The van der Waals surface area contributed by atoms with Gasteiger partial charge in [0.1, 0.15) is 0 Å². The molecule has 2 heterocycles. The molecule has 1 aromatic rings. The van der Waals surface area contributed by atoms with E-state index < -0.39 is 0 Å². The topological polar surface area (TPSA) is 64.9 Å². The molecular formula is C14H23N3OS. The molecule has 1 aliphatic heterocycles. The van der Waals surface area contributed by atoms with E-state index in [1.54, 1.807) is 0 Å². The normalized spacial score (nSPS) is 26.7. The van der Waals surface area contributed by atoms with Gasteiger partial charge in [0, 0.05) is 12.5 Å². The molecule has 0 spiro atoms. The predicted molar refractivity (Wildman–Crippen MR) is 77.0 cm³/mol. The molecule has 2 atom stereocenters. The zero-order valence-corrected chi connectivity index (χ0v) is 12.2. The highest BCUT2D eigenvalue weighted by Gasteiger charge is 2.25.